The van der Waals surface area contributed by atoms with Gasteiger partial charge >= 0.3 is 5.97 Å². The lowest BCUT2D eigenvalue weighted by atomic mass is 9.90. The molecule has 1 aliphatic heterocycles. The van der Waals surface area contributed by atoms with Gasteiger partial charge in [-0.1, -0.05) is 0 Å². The molecule has 0 bridgehead atoms. The summed E-state index contributed by atoms with van der Waals surface area (Å²) in [5, 5.41) is 0. The van der Waals surface area contributed by atoms with Crippen molar-refractivity contribution in [2.45, 2.75) is 32.3 Å². The highest BCUT2D eigenvalue weighted by Gasteiger charge is 2.46. The molecule has 12 heavy (non-hydrogen) atoms. The summed E-state index contributed by atoms with van der Waals surface area (Å²) in [6.45, 7) is 1.61. The first kappa shape index (κ1) is 7.77. The summed E-state index contributed by atoms with van der Waals surface area (Å²) < 4.78 is 5.07. The van der Waals surface area contributed by atoms with Gasteiger partial charge in [0, 0.05) is 11.8 Å². The minimum absolute atomic E-state index is 0.0476. The molecular formula is C9H12O3. The molecule has 1 aliphatic carbocycles. The van der Waals surface area contributed by atoms with Gasteiger partial charge in [0.2, 0.25) is 0 Å². The van der Waals surface area contributed by atoms with E-state index in [4.69, 9.17) is 4.74 Å². The maximum absolute atomic E-state index is 11.1. The Hall–Kier alpha value is -0.860. The second kappa shape index (κ2) is 2.57. The maximum Gasteiger partial charge on any atom is 0.306 e. The van der Waals surface area contributed by atoms with E-state index in [2.05, 4.69) is 0 Å². The first-order valence-electron chi connectivity index (χ1n) is 4.38. The van der Waals surface area contributed by atoms with E-state index in [0.29, 0.717) is 6.42 Å². The van der Waals surface area contributed by atoms with E-state index in [1.807, 2.05) is 0 Å². The van der Waals surface area contributed by atoms with Gasteiger partial charge in [0.1, 0.15) is 11.9 Å². The molecule has 2 fully saturated rings. The molecule has 1 heterocycles. The monoisotopic (exact) mass is 168 g/mol. The molecule has 0 aromatic carbocycles. The summed E-state index contributed by atoms with van der Waals surface area (Å²) in [6, 6.07) is 0. The number of hydrogen-bond acceptors (Lipinski definition) is 3. The molecule has 0 radical (unpaired) electrons. The van der Waals surface area contributed by atoms with E-state index in [1.54, 1.807) is 6.92 Å². The number of rotatable bonds is 1. The highest BCUT2D eigenvalue weighted by atomic mass is 16.6. The Morgan fingerprint density at radius 1 is 1.50 bits per heavy atom. The zero-order valence-electron chi connectivity index (χ0n) is 7.08. The van der Waals surface area contributed by atoms with E-state index in [0.717, 1.165) is 12.8 Å². The largest absolute Gasteiger partial charge is 0.462 e. The van der Waals surface area contributed by atoms with Crippen molar-refractivity contribution in [1.82, 2.24) is 0 Å². The molecular weight excluding hydrogens is 156 g/mol. The van der Waals surface area contributed by atoms with Crippen LogP contribution in [0.25, 0.3) is 0 Å². The molecule has 2 aliphatic rings. The van der Waals surface area contributed by atoms with Gasteiger partial charge in [-0.25, -0.2) is 0 Å². The number of carbonyl (C=O) groups is 2. The Morgan fingerprint density at radius 2 is 2.25 bits per heavy atom. The molecule has 2 rings (SSSR count). The normalized spacial score (nSPS) is 39.4. The Morgan fingerprint density at radius 3 is 2.92 bits per heavy atom. The second-order valence-electron chi connectivity index (χ2n) is 3.69. The van der Waals surface area contributed by atoms with Crippen LogP contribution in [-0.4, -0.2) is 17.9 Å². The number of carbonyl (C=O) groups excluding carboxylic acids is 2. The van der Waals surface area contributed by atoms with Crippen molar-refractivity contribution in [1.29, 1.82) is 0 Å². The minimum atomic E-state index is -0.129. The van der Waals surface area contributed by atoms with Crippen molar-refractivity contribution in [3.8, 4) is 0 Å². The molecule has 0 amide bonds. The highest BCUT2D eigenvalue weighted by Crippen LogP contribution is 2.41. The standard InChI is InChI=1S/C9H12O3/c1-5(10)6-2-3-8-7(6)4-9(11)12-8/h6-8H,2-4H2,1H3. The van der Waals surface area contributed by atoms with Gasteiger partial charge in [-0.3, -0.25) is 9.59 Å². The predicted octanol–water partition coefficient (Wildman–Crippen LogP) is 0.917. The maximum atomic E-state index is 11.1. The fourth-order valence-electron chi connectivity index (χ4n) is 2.37. The van der Waals surface area contributed by atoms with Gasteiger partial charge in [0.15, 0.2) is 0 Å². The summed E-state index contributed by atoms with van der Waals surface area (Å²) in [5.41, 5.74) is 0. The third kappa shape index (κ3) is 1.04. The zero-order valence-corrected chi connectivity index (χ0v) is 7.08. The molecule has 3 nitrogen and oxygen atoms in total. The number of fused-ring (bicyclic) bond motifs is 1. The Labute approximate surface area is 71.1 Å². The van der Waals surface area contributed by atoms with Crippen LogP contribution in [0.4, 0.5) is 0 Å². The van der Waals surface area contributed by atoms with Crippen molar-refractivity contribution in [3.05, 3.63) is 0 Å². The van der Waals surface area contributed by atoms with E-state index in [9.17, 15) is 9.59 Å². The van der Waals surface area contributed by atoms with Crippen LogP contribution in [0.2, 0.25) is 0 Å². The van der Waals surface area contributed by atoms with Crippen LogP contribution in [0.15, 0.2) is 0 Å². The lowest BCUT2D eigenvalue weighted by Crippen LogP contribution is -2.19. The van der Waals surface area contributed by atoms with Crippen LogP contribution in [-0.2, 0) is 14.3 Å². The van der Waals surface area contributed by atoms with Gasteiger partial charge in [-0.05, 0) is 19.8 Å². The summed E-state index contributed by atoms with van der Waals surface area (Å²) in [7, 11) is 0. The van der Waals surface area contributed by atoms with Gasteiger partial charge in [0.25, 0.3) is 0 Å². The number of ketones is 1. The van der Waals surface area contributed by atoms with Crippen molar-refractivity contribution in [2.75, 3.05) is 0 Å². The molecule has 66 valence electrons. The van der Waals surface area contributed by atoms with Gasteiger partial charge in [0.05, 0.1) is 6.42 Å². The van der Waals surface area contributed by atoms with Crippen LogP contribution in [0, 0.1) is 11.8 Å². The third-order valence-corrected chi connectivity index (χ3v) is 2.96. The molecule has 3 atom stereocenters. The lowest BCUT2D eigenvalue weighted by molar-refractivity contribution is -0.141. The minimum Gasteiger partial charge on any atom is -0.462 e. The third-order valence-electron chi connectivity index (χ3n) is 2.96. The fourth-order valence-corrected chi connectivity index (χ4v) is 2.37. The molecule has 1 saturated heterocycles. The summed E-state index contributed by atoms with van der Waals surface area (Å²) in [4.78, 5) is 22.0. The van der Waals surface area contributed by atoms with Gasteiger partial charge in [-0.15, -0.1) is 0 Å². The number of Topliss-reactive ketones (excluding diaryl/α,β-unsaturated/α-hetero) is 1. The van der Waals surface area contributed by atoms with Crippen molar-refractivity contribution >= 4 is 11.8 Å². The quantitative estimate of drug-likeness (QED) is 0.547. The zero-order chi connectivity index (χ0) is 8.72. The molecule has 0 aromatic heterocycles. The van der Waals surface area contributed by atoms with E-state index in [-0.39, 0.29) is 29.7 Å². The number of hydrogen-bond donors (Lipinski definition) is 0. The van der Waals surface area contributed by atoms with E-state index in [1.165, 1.54) is 0 Å². The molecule has 1 saturated carbocycles. The molecule has 3 heteroatoms. The van der Waals surface area contributed by atoms with E-state index < -0.39 is 0 Å². The number of esters is 1. The van der Waals surface area contributed by atoms with Gasteiger partial charge < -0.3 is 4.74 Å². The molecule has 3 unspecified atom stereocenters. The van der Waals surface area contributed by atoms with Crippen LogP contribution >= 0.6 is 0 Å². The SMILES string of the molecule is CC(=O)C1CCC2OC(=O)CC21. The molecule has 0 aromatic rings. The van der Waals surface area contributed by atoms with Crippen LogP contribution in [0.1, 0.15) is 26.2 Å². The van der Waals surface area contributed by atoms with Crippen molar-refractivity contribution in [2.24, 2.45) is 11.8 Å². The first-order chi connectivity index (χ1) is 5.68. The highest BCUT2D eigenvalue weighted by molar-refractivity contribution is 5.81. The van der Waals surface area contributed by atoms with Crippen molar-refractivity contribution < 1.29 is 14.3 Å². The fraction of sp³-hybridized carbons (Fsp3) is 0.778. The van der Waals surface area contributed by atoms with E-state index >= 15 is 0 Å². The molecule has 0 N–H and O–H groups in total. The van der Waals surface area contributed by atoms with Crippen molar-refractivity contribution in [3.63, 3.8) is 0 Å². The van der Waals surface area contributed by atoms with Crippen LogP contribution < -0.4 is 0 Å². The second-order valence-corrected chi connectivity index (χ2v) is 3.69. The predicted molar refractivity (Wildman–Crippen MR) is 41.4 cm³/mol. The Bertz CT molecular complexity index is 234. The molecule has 0 spiro atoms. The first-order valence-corrected chi connectivity index (χ1v) is 4.38. The summed E-state index contributed by atoms with van der Waals surface area (Å²) in [6.07, 6.45) is 2.28. The Kier molecular flexibility index (Phi) is 1.67. The average molecular weight is 168 g/mol. The lowest BCUT2D eigenvalue weighted by Gasteiger charge is -2.11. The van der Waals surface area contributed by atoms with Gasteiger partial charge in [-0.2, -0.15) is 0 Å². The van der Waals surface area contributed by atoms with Crippen LogP contribution in [0.3, 0.4) is 0 Å². The summed E-state index contributed by atoms with van der Waals surface area (Å²) in [5.74, 6) is 0.355. The number of ether oxygens (including phenoxy) is 1. The topological polar surface area (TPSA) is 43.4 Å². The Balaban J connectivity index is 2.13. The van der Waals surface area contributed by atoms with Crippen LogP contribution in [0.5, 0.6) is 0 Å². The smallest absolute Gasteiger partial charge is 0.306 e. The average Bonchev–Trinajstić information content (AvgIpc) is 2.43. The summed E-state index contributed by atoms with van der Waals surface area (Å²) >= 11 is 0.